The van der Waals surface area contributed by atoms with Crippen molar-refractivity contribution < 1.29 is 19.1 Å². The normalized spacial score (nSPS) is 18.9. The molecule has 2 aliphatic rings. The Morgan fingerprint density at radius 3 is 2.60 bits per heavy atom. The molecule has 40 heavy (non-hydrogen) atoms. The average molecular weight is 540 g/mol. The monoisotopic (exact) mass is 539 g/mol. The fraction of sp³-hybridized carbons (Fsp3) is 0.233. The first-order valence-corrected chi connectivity index (χ1v) is 12.9. The van der Waals surface area contributed by atoms with Gasteiger partial charge in [0.05, 0.1) is 29.8 Å². The largest absolute Gasteiger partial charge is 0.466 e. The summed E-state index contributed by atoms with van der Waals surface area (Å²) in [6.07, 6.45) is 5.16. The SMILES string of the molecule is C=CCn1c(=O)c(C2C(C(=O)OC)=C(N)N(NC(=O)c3ccncc3)C3=C2C(=O)CC(C)C3)cc2ccccc21. The Balaban J connectivity index is 1.78. The van der Waals surface area contributed by atoms with E-state index in [1.165, 1.54) is 36.6 Å². The van der Waals surface area contributed by atoms with Gasteiger partial charge in [-0.3, -0.25) is 24.8 Å². The van der Waals surface area contributed by atoms with E-state index in [-0.39, 0.29) is 52.8 Å². The summed E-state index contributed by atoms with van der Waals surface area (Å²) >= 11 is 0. The van der Waals surface area contributed by atoms with Gasteiger partial charge >= 0.3 is 5.97 Å². The fourth-order valence-corrected chi connectivity index (χ4v) is 5.50. The summed E-state index contributed by atoms with van der Waals surface area (Å²) < 4.78 is 6.66. The van der Waals surface area contributed by atoms with Gasteiger partial charge in [-0.15, -0.1) is 6.58 Å². The molecule has 3 aromatic rings. The molecular formula is C30H29N5O5. The zero-order valence-electron chi connectivity index (χ0n) is 22.2. The second-order valence-corrected chi connectivity index (χ2v) is 9.90. The smallest absolute Gasteiger partial charge is 0.338 e. The molecule has 10 nitrogen and oxygen atoms in total. The maximum atomic E-state index is 14.0. The zero-order valence-corrected chi connectivity index (χ0v) is 22.2. The van der Waals surface area contributed by atoms with Gasteiger partial charge in [0.15, 0.2) is 5.78 Å². The highest BCUT2D eigenvalue weighted by Crippen LogP contribution is 2.45. The van der Waals surface area contributed by atoms with Crippen molar-refractivity contribution in [1.82, 2.24) is 20.0 Å². The third-order valence-corrected chi connectivity index (χ3v) is 7.27. The number of hydrazine groups is 1. The van der Waals surface area contributed by atoms with Crippen molar-refractivity contribution in [1.29, 1.82) is 0 Å². The van der Waals surface area contributed by atoms with Crippen molar-refractivity contribution in [2.24, 2.45) is 11.7 Å². The Morgan fingerprint density at radius 1 is 1.18 bits per heavy atom. The first kappa shape index (κ1) is 26.6. The highest BCUT2D eigenvalue weighted by atomic mass is 16.5. The number of fused-ring (bicyclic) bond motifs is 1. The van der Waals surface area contributed by atoms with Gasteiger partial charge in [0.2, 0.25) is 0 Å². The molecule has 0 radical (unpaired) electrons. The van der Waals surface area contributed by atoms with E-state index in [1.54, 1.807) is 16.7 Å². The number of esters is 1. The van der Waals surface area contributed by atoms with E-state index in [2.05, 4.69) is 17.0 Å². The number of nitrogens with one attached hydrogen (secondary N) is 1. The zero-order chi connectivity index (χ0) is 28.6. The molecule has 0 bridgehead atoms. The maximum Gasteiger partial charge on any atom is 0.338 e. The van der Waals surface area contributed by atoms with Crippen LogP contribution in [0.4, 0.5) is 0 Å². The average Bonchev–Trinajstić information content (AvgIpc) is 2.95. The molecule has 3 heterocycles. The summed E-state index contributed by atoms with van der Waals surface area (Å²) in [6.45, 7) is 5.92. The van der Waals surface area contributed by atoms with Crippen LogP contribution >= 0.6 is 0 Å². The van der Waals surface area contributed by atoms with Gasteiger partial charge < -0.3 is 15.0 Å². The van der Waals surface area contributed by atoms with Crippen LogP contribution in [0.25, 0.3) is 10.9 Å². The lowest BCUT2D eigenvalue weighted by Gasteiger charge is -2.41. The second-order valence-electron chi connectivity index (χ2n) is 9.90. The maximum absolute atomic E-state index is 14.0. The van der Waals surface area contributed by atoms with Crippen molar-refractivity contribution in [3.05, 3.63) is 112 Å². The first-order valence-electron chi connectivity index (χ1n) is 12.9. The van der Waals surface area contributed by atoms with Gasteiger partial charge in [-0.25, -0.2) is 9.80 Å². The molecule has 0 saturated heterocycles. The molecule has 2 aromatic heterocycles. The van der Waals surface area contributed by atoms with Crippen LogP contribution in [0.1, 0.15) is 41.6 Å². The quantitative estimate of drug-likeness (QED) is 0.360. The van der Waals surface area contributed by atoms with Crippen molar-refractivity contribution >= 4 is 28.6 Å². The van der Waals surface area contributed by atoms with Crippen molar-refractivity contribution in [2.45, 2.75) is 32.2 Å². The van der Waals surface area contributed by atoms with Crippen LogP contribution in [0.3, 0.4) is 0 Å². The van der Waals surface area contributed by atoms with Gasteiger partial charge in [0.1, 0.15) is 5.82 Å². The molecule has 1 aliphatic carbocycles. The van der Waals surface area contributed by atoms with E-state index >= 15 is 0 Å². The van der Waals surface area contributed by atoms with Gasteiger partial charge in [-0.1, -0.05) is 31.2 Å². The van der Waals surface area contributed by atoms with Crippen LogP contribution in [0, 0.1) is 5.92 Å². The molecule has 3 N–H and O–H groups in total. The lowest BCUT2D eigenvalue weighted by Crippen LogP contribution is -2.50. The number of carbonyl (C=O) groups is 3. The number of amides is 1. The molecule has 10 heteroatoms. The number of carbonyl (C=O) groups excluding carboxylic acids is 3. The third-order valence-electron chi connectivity index (χ3n) is 7.27. The minimum Gasteiger partial charge on any atom is -0.466 e. The van der Waals surface area contributed by atoms with E-state index in [4.69, 9.17) is 10.5 Å². The summed E-state index contributed by atoms with van der Waals surface area (Å²) in [4.78, 5) is 58.2. The molecular weight excluding hydrogens is 510 g/mol. The number of methoxy groups -OCH3 is 1. The third kappa shape index (κ3) is 4.47. The minimum atomic E-state index is -1.09. The van der Waals surface area contributed by atoms with E-state index in [0.29, 0.717) is 23.2 Å². The number of pyridine rings is 2. The summed E-state index contributed by atoms with van der Waals surface area (Å²) in [5.74, 6) is -2.84. The van der Waals surface area contributed by atoms with Crippen LogP contribution in [-0.4, -0.2) is 39.3 Å². The fourth-order valence-electron chi connectivity index (χ4n) is 5.50. The van der Waals surface area contributed by atoms with E-state index < -0.39 is 17.8 Å². The molecule has 0 spiro atoms. The van der Waals surface area contributed by atoms with Crippen molar-refractivity contribution in [3.8, 4) is 0 Å². The first-order chi connectivity index (χ1) is 19.3. The number of allylic oxidation sites excluding steroid dienone is 3. The predicted octanol–water partition coefficient (Wildman–Crippen LogP) is 2.92. The number of nitrogens with zero attached hydrogens (tertiary/aromatic N) is 3. The Morgan fingerprint density at radius 2 is 1.90 bits per heavy atom. The van der Waals surface area contributed by atoms with Gasteiger partial charge in [-0.2, -0.15) is 0 Å². The standard InChI is InChI=1S/C30H29N5O5/c1-4-13-34-21-8-6-5-7-19(21)16-20(29(34)38)24-25-22(14-17(2)15-23(25)36)35(27(31)26(24)30(39)40-3)33-28(37)18-9-11-32-12-10-18/h4-12,16-17,24H,1,13-15,31H2,2-3H3,(H,33,37). The number of para-hydroxylation sites is 1. The van der Waals surface area contributed by atoms with Crippen LogP contribution < -0.4 is 16.7 Å². The Kier molecular flexibility index (Phi) is 7.08. The lowest BCUT2D eigenvalue weighted by molar-refractivity contribution is -0.136. The Bertz CT molecular complexity index is 1670. The summed E-state index contributed by atoms with van der Waals surface area (Å²) in [5, 5.41) is 2.03. The number of Topliss-reactive ketones (excluding diaryl/α,β-unsaturated/α-hetero) is 1. The van der Waals surface area contributed by atoms with E-state index in [1.807, 2.05) is 31.2 Å². The molecule has 204 valence electrons. The second kappa shape index (κ2) is 10.6. The topological polar surface area (TPSA) is 137 Å². The molecule has 1 aromatic carbocycles. The minimum absolute atomic E-state index is 0.0614. The molecule has 0 saturated carbocycles. The lowest BCUT2D eigenvalue weighted by atomic mass is 9.73. The van der Waals surface area contributed by atoms with Crippen LogP contribution in [-0.2, 0) is 20.9 Å². The summed E-state index contributed by atoms with van der Waals surface area (Å²) in [5.41, 5.74) is 10.8. The number of benzene rings is 1. The van der Waals surface area contributed by atoms with Crippen molar-refractivity contribution in [2.75, 3.05) is 7.11 Å². The highest BCUT2D eigenvalue weighted by molar-refractivity contribution is 6.04. The summed E-state index contributed by atoms with van der Waals surface area (Å²) in [6, 6.07) is 12.1. The highest BCUT2D eigenvalue weighted by Gasteiger charge is 2.45. The van der Waals surface area contributed by atoms with Gasteiger partial charge in [0, 0.05) is 42.1 Å². The number of rotatable bonds is 6. The van der Waals surface area contributed by atoms with Crippen LogP contribution in [0.2, 0.25) is 0 Å². The number of ether oxygens (including phenoxy) is 1. The number of hydrogen-bond acceptors (Lipinski definition) is 8. The molecule has 5 rings (SSSR count). The molecule has 2 atom stereocenters. The van der Waals surface area contributed by atoms with Crippen LogP contribution in [0.5, 0.6) is 0 Å². The summed E-state index contributed by atoms with van der Waals surface area (Å²) in [7, 11) is 1.20. The van der Waals surface area contributed by atoms with E-state index in [9.17, 15) is 19.2 Å². The number of aromatic nitrogens is 2. The molecule has 1 aliphatic heterocycles. The number of ketones is 1. The molecule has 0 fully saturated rings. The van der Waals surface area contributed by atoms with Crippen molar-refractivity contribution in [3.63, 3.8) is 0 Å². The molecule has 1 amide bonds. The molecule has 2 unspecified atom stereocenters. The number of hydrogen-bond donors (Lipinski definition) is 2. The predicted molar refractivity (Wildman–Crippen MR) is 148 cm³/mol. The Labute approximate surface area is 230 Å². The number of nitrogens with two attached hydrogens (primary N) is 1. The van der Waals surface area contributed by atoms with Crippen LogP contribution in [0.15, 0.2) is 95.0 Å². The Hall–Kier alpha value is -4.99. The van der Waals surface area contributed by atoms with Gasteiger partial charge in [0.25, 0.3) is 11.5 Å². The van der Waals surface area contributed by atoms with Gasteiger partial charge in [-0.05, 0) is 42.0 Å². The van der Waals surface area contributed by atoms with E-state index in [0.717, 1.165) is 5.39 Å².